The number of carbonyl (C=O) groups is 3. The number of allylic oxidation sites excluding steroid dienone is 23. The summed E-state index contributed by atoms with van der Waals surface area (Å²) in [5.41, 5.74) is 0. The van der Waals surface area contributed by atoms with Gasteiger partial charge in [0.2, 0.25) is 0 Å². The van der Waals surface area contributed by atoms with Gasteiger partial charge in [-0.25, -0.2) is 0 Å². The monoisotopic (exact) mass is 965 g/mol. The van der Waals surface area contributed by atoms with Gasteiger partial charge in [0.25, 0.3) is 0 Å². The van der Waals surface area contributed by atoms with Gasteiger partial charge in [-0.3, -0.25) is 14.4 Å². The van der Waals surface area contributed by atoms with Gasteiger partial charge in [-0.05, 0) is 103 Å². The highest BCUT2D eigenvalue weighted by Crippen LogP contribution is 2.13. The van der Waals surface area contributed by atoms with Crippen molar-refractivity contribution < 1.29 is 28.6 Å². The molecule has 0 rings (SSSR count). The molecule has 0 aliphatic heterocycles. The number of carbonyl (C=O) groups excluding carboxylic acids is 3. The Morgan fingerprint density at radius 1 is 0.314 bits per heavy atom. The smallest absolute Gasteiger partial charge is 0.310 e. The molecule has 1 atom stereocenters. The first-order chi connectivity index (χ1) is 34.5. The van der Waals surface area contributed by atoms with Gasteiger partial charge in [-0.2, -0.15) is 0 Å². The summed E-state index contributed by atoms with van der Waals surface area (Å²) in [5, 5.41) is 0. The molecule has 0 aliphatic carbocycles. The van der Waals surface area contributed by atoms with Gasteiger partial charge >= 0.3 is 17.9 Å². The molecule has 6 heteroatoms. The van der Waals surface area contributed by atoms with Crippen molar-refractivity contribution in [1.82, 2.24) is 0 Å². The molecule has 0 aliphatic rings. The summed E-state index contributed by atoms with van der Waals surface area (Å²) in [6, 6.07) is 0. The molecular weight excluding hydrogens is 865 g/mol. The van der Waals surface area contributed by atoms with E-state index in [2.05, 4.69) is 154 Å². The molecule has 0 aromatic rings. The van der Waals surface area contributed by atoms with E-state index in [-0.39, 0.29) is 31.6 Å². The van der Waals surface area contributed by atoms with Crippen LogP contribution in [0, 0.1) is 0 Å². The van der Waals surface area contributed by atoms with Gasteiger partial charge in [0.05, 0.1) is 6.42 Å². The van der Waals surface area contributed by atoms with Crippen LogP contribution >= 0.6 is 0 Å². The number of unbranched alkanes of at least 4 members (excludes halogenated alkanes) is 14. The second-order valence-corrected chi connectivity index (χ2v) is 17.8. The molecule has 0 bridgehead atoms. The molecule has 392 valence electrons. The lowest BCUT2D eigenvalue weighted by Gasteiger charge is -2.18. The Bertz CT molecular complexity index is 1580. The summed E-state index contributed by atoms with van der Waals surface area (Å²) in [4.78, 5) is 37.7. The third kappa shape index (κ3) is 54.2. The molecule has 0 N–H and O–H groups in total. The van der Waals surface area contributed by atoms with Crippen LogP contribution in [0.25, 0.3) is 0 Å². The molecule has 0 heterocycles. The van der Waals surface area contributed by atoms with E-state index < -0.39 is 12.1 Å². The molecule has 0 aromatic heterocycles. The topological polar surface area (TPSA) is 78.9 Å². The van der Waals surface area contributed by atoms with Crippen LogP contribution in [0.2, 0.25) is 0 Å². The lowest BCUT2D eigenvalue weighted by Crippen LogP contribution is -2.30. The van der Waals surface area contributed by atoms with Crippen LogP contribution < -0.4 is 0 Å². The van der Waals surface area contributed by atoms with E-state index in [1.165, 1.54) is 57.8 Å². The third-order valence-electron chi connectivity index (χ3n) is 11.1. The molecule has 6 nitrogen and oxygen atoms in total. The average molecular weight is 965 g/mol. The largest absolute Gasteiger partial charge is 0.462 e. The van der Waals surface area contributed by atoms with Crippen molar-refractivity contribution in [2.75, 3.05) is 13.2 Å². The van der Waals surface area contributed by atoms with Gasteiger partial charge in [0.1, 0.15) is 13.2 Å². The van der Waals surface area contributed by atoms with Crippen molar-refractivity contribution in [3.05, 3.63) is 146 Å². The quantitative estimate of drug-likeness (QED) is 0.0262. The van der Waals surface area contributed by atoms with Gasteiger partial charge < -0.3 is 14.2 Å². The van der Waals surface area contributed by atoms with Gasteiger partial charge in [0, 0.05) is 12.8 Å². The predicted octanol–water partition coefficient (Wildman–Crippen LogP) is 18.8. The van der Waals surface area contributed by atoms with Crippen LogP contribution in [0.5, 0.6) is 0 Å². The van der Waals surface area contributed by atoms with Crippen molar-refractivity contribution in [3.63, 3.8) is 0 Å². The van der Waals surface area contributed by atoms with Crippen molar-refractivity contribution in [1.29, 1.82) is 0 Å². The van der Waals surface area contributed by atoms with E-state index >= 15 is 0 Å². The minimum atomic E-state index is -0.836. The number of hydrogen-bond acceptors (Lipinski definition) is 6. The highest BCUT2D eigenvalue weighted by Gasteiger charge is 2.19. The second-order valence-electron chi connectivity index (χ2n) is 17.8. The van der Waals surface area contributed by atoms with Crippen molar-refractivity contribution in [2.45, 2.75) is 226 Å². The maximum Gasteiger partial charge on any atom is 0.310 e. The van der Waals surface area contributed by atoms with Crippen molar-refractivity contribution in [3.8, 4) is 0 Å². The number of esters is 3. The van der Waals surface area contributed by atoms with Crippen LogP contribution in [-0.4, -0.2) is 37.2 Å². The zero-order valence-corrected chi connectivity index (χ0v) is 44.7. The van der Waals surface area contributed by atoms with Crippen LogP contribution in [0.3, 0.4) is 0 Å². The standard InChI is InChI=1S/C64H100O6/c1-4-7-10-13-16-18-20-22-24-25-26-27-28-29-30-31-32-33-34-35-36-37-38-39-41-42-44-46-48-51-54-57-63(66)69-60-61(59-68-62(65)56-53-50-15-12-9-6-3)70-64(67)58-55-52-49-47-45-43-40-23-21-19-17-14-11-8-5-2/h7-8,10-11,16-19,22-24,26-27,29-30,32-33,35-36,40,45,47,52,55,61H,4-6,9,12-15,20-21,25,28,31,34,37-39,41-44,46,48-51,53-54,56-60H2,1-3H3/b10-7-,11-8-,18-16-,19-17-,24-22-,27-26-,30-29-,33-32-,36-35-,40-23-,47-45-,55-52-. The lowest BCUT2D eigenvalue weighted by atomic mass is 10.1. The first-order valence-corrected chi connectivity index (χ1v) is 27.8. The van der Waals surface area contributed by atoms with Crippen molar-refractivity contribution in [2.24, 2.45) is 0 Å². The molecule has 0 radical (unpaired) electrons. The van der Waals surface area contributed by atoms with Crippen LogP contribution in [0.4, 0.5) is 0 Å². The lowest BCUT2D eigenvalue weighted by molar-refractivity contribution is -0.166. The first-order valence-electron chi connectivity index (χ1n) is 27.8. The number of hydrogen-bond donors (Lipinski definition) is 0. The van der Waals surface area contributed by atoms with Gasteiger partial charge in [-0.1, -0.05) is 244 Å². The second kappa shape index (κ2) is 56.9. The molecule has 0 spiro atoms. The molecule has 0 fully saturated rings. The Morgan fingerprint density at radius 3 is 0.943 bits per heavy atom. The number of rotatable bonds is 48. The first kappa shape index (κ1) is 65.3. The SMILES string of the molecule is CC/C=C\C/C=C\C/C=C\C/C=C\C/C=C\C/C=C\C/C=C\CCCCCCCCCCCC(=O)OCC(COC(=O)CCCCCCCC)OC(=O)C/C=C\C/C=C\C/C=C\C/C=C\C/C=C\CC. The van der Waals surface area contributed by atoms with Crippen LogP contribution in [0.1, 0.15) is 220 Å². The highest BCUT2D eigenvalue weighted by atomic mass is 16.6. The minimum Gasteiger partial charge on any atom is -0.462 e. The molecule has 0 saturated heterocycles. The van der Waals surface area contributed by atoms with E-state index in [1.807, 2.05) is 6.08 Å². The third-order valence-corrected chi connectivity index (χ3v) is 11.1. The summed E-state index contributed by atoms with van der Waals surface area (Å²) in [6.07, 6.45) is 81.9. The summed E-state index contributed by atoms with van der Waals surface area (Å²) in [7, 11) is 0. The van der Waals surface area contributed by atoms with Gasteiger partial charge in [-0.15, -0.1) is 0 Å². The summed E-state index contributed by atoms with van der Waals surface area (Å²) >= 11 is 0. The number of ether oxygens (including phenoxy) is 3. The average Bonchev–Trinajstić information content (AvgIpc) is 3.36. The maximum absolute atomic E-state index is 12.7. The van der Waals surface area contributed by atoms with E-state index in [0.29, 0.717) is 19.3 Å². The summed E-state index contributed by atoms with van der Waals surface area (Å²) in [5.74, 6) is -1.08. The fourth-order valence-electron chi connectivity index (χ4n) is 7.03. The fourth-order valence-corrected chi connectivity index (χ4v) is 7.03. The van der Waals surface area contributed by atoms with E-state index in [4.69, 9.17) is 14.2 Å². The molecule has 0 saturated carbocycles. The Labute approximate surface area is 429 Å². The molecule has 0 amide bonds. The Hall–Kier alpha value is -4.71. The Balaban J connectivity index is 4.20. The van der Waals surface area contributed by atoms with Crippen molar-refractivity contribution >= 4 is 17.9 Å². The van der Waals surface area contributed by atoms with Crippen LogP contribution in [0.15, 0.2) is 146 Å². The molecular formula is C64H100O6. The predicted molar refractivity (Wildman–Crippen MR) is 302 cm³/mol. The Morgan fingerprint density at radius 2 is 0.600 bits per heavy atom. The normalized spacial score (nSPS) is 13.2. The highest BCUT2D eigenvalue weighted by molar-refractivity contribution is 5.72. The van der Waals surface area contributed by atoms with E-state index in [0.717, 1.165) is 116 Å². The van der Waals surface area contributed by atoms with Crippen LogP contribution in [-0.2, 0) is 28.6 Å². The minimum absolute atomic E-state index is 0.0906. The fraction of sp³-hybridized carbons (Fsp3) is 0.578. The summed E-state index contributed by atoms with van der Waals surface area (Å²) < 4.78 is 16.6. The molecule has 0 aromatic carbocycles. The van der Waals surface area contributed by atoms with E-state index in [9.17, 15) is 14.4 Å². The zero-order valence-electron chi connectivity index (χ0n) is 44.7. The summed E-state index contributed by atoms with van der Waals surface area (Å²) in [6.45, 7) is 6.23. The molecule has 70 heavy (non-hydrogen) atoms. The molecule has 1 unspecified atom stereocenters. The van der Waals surface area contributed by atoms with Gasteiger partial charge in [0.15, 0.2) is 6.10 Å². The maximum atomic E-state index is 12.7. The van der Waals surface area contributed by atoms with E-state index in [1.54, 1.807) is 6.08 Å². The zero-order chi connectivity index (χ0) is 50.7. The Kier molecular flexibility index (Phi) is 53.0.